The van der Waals surface area contributed by atoms with E-state index in [1.807, 2.05) is 12.1 Å². The molecule has 2 unspecified atom stereocenters. The first-order valence-corrected chi connectivity index (χ1v) is 8.60. The van der Waals surface area contributed by atoms with Gasteiger partial charge in [0.25, 0.3) is 0 Å². The molecule has 3 rings (SSSR count). The molecule has 0 fully saturated rings. The summed E-state index contributed by atoms with van der Waals surface area (Å²) in [4.78, 5) is 0. The molecule has 0 aliphatic rings. The highest BCUT2D eigenvalue weighted by Gasteiger charge is 2.18. The highest BCUT2D eigenvalue weighted by molar-refractivity contribution is 6.30. The van der Waals surface area contributed by atoms with E-state index in [0.717, 1.165) is 11.3 Å². The maximum Gasteiger partial charge on any atom is 0.123 e. The van der Waals surface area contributed by atoms with Crippen molar-refractivity contribution in [3.63, 3.8) is 0 Å². The Morgan fingerprint density at radius 3 is 1.85 bits per heavy atom. The highest BCUT2D eigenvalue weighted by atomic mass is 35.5. The lowest BCUT2D eigenvalue weighted by Crippen LogP contribution is -2.15. The number of nitrogens with one attached hydrogen (secondary N) is 1. The molecule has 3 aromatic rings. The van der Waals surface area contributed by atoms with Crippen molar-refractivity contribution in [2.75, 3.05) is 5.32 Å². The van der Waals surface area contributed by atoms with Gasteiger partial charge in [-0.3, -0.25) is 0 Å². The van der Waals surface area contributed by atoms with Gasteiger partial charge in [-0.25, -0.2) is 8.78 Å². The molecule has 2 atom stereocenters. The Morgan fingerprint density at radius 1 is 0.769 bits per heavy atom. The number of halogens is 3. The van der Waals surface area contributed by atoms with Gasteiger partial charge < -0.3 is 10.4 Å². The second kappa shape index (κ2) is 8.30. The molecule has 0 saturated heterocycles. The summed E-state index contributed by atoms with van der Waals surface area (Å²) >= 11 is 5.96. The van der Waals surface area contributed by atoms with Gasteiger partial charge in [0.1, 0.15) is 11.6 Å². The van der Waals surface area contributed by atoms with Gasteiger partial charge in [-0.1, -0.05) is 35.9 Å². The van der Waals surface area contributed by atoms with Crippen LogP contribution in [0.1, 0.15) is 29.7 Å². The molecule has 3 aromatic carbocycles. The lowest BCUT2D eigenvalue weighted by atomic mass is 9.96. The Hall–Kier alpha value is -2.43. The zero-order valence-corrected chi connectivity index (χ0v) is 14.6. The van der Waals surface area contributed by atoms with Gasteiger partial charge in [0.05, 0.1) is 12.1 Å². The molecule has 0 aliphatic heterocycles. The minimum absolute atomic E-state index is 0.238. The summed E-state index contributed by atoms with van der Waals surface area (Å²) in [7, 11) is 0. The van der Waals surface area contributed by atoms with Crippen molar-refractivity contribution in [3.05, 3.63) is 101 Å². The van der Waals surface area contributed by atoms with Gasteiger partial charge in [-0.05, 0) is 59.7 Å². The van der Waals surface area contributed by atoms with Crippen molar-refractivity contribution in [1.29, 1.82) is 0 Å². The molecule has 0 radical (unpaired) electrons. The van der Waals surface area contributed by atoms with Crippen molar-refractivity contribution in [1.82, 2.24) is 0 Å². The number of hydrogen-bond acceptors (Lipinski definition) is 2. The second-order valence-corrected chi connectivity index (χ2v) is 6.49. The van der Waals surface area contributed by atoms with Crippen LogP contribution in [-0.2, 0) is 0 Å². The summed E-state index contributed by atoms with van der Waals surface area (Å²) in [6.45, 7) is 0. The largest absolute Gasteiger partial charge is 0.388 e. The van der Waals surface area contributed by atoms with Crippen LogP contribution in [-0.4, -0.2) is 5.11 Å². The Kier molecular flexibility index (Phi) is 5.86. The fourth-order valence-corrected chi connectivity index (χ4v) is 2.89. The highest BCUT2D eigenvalue weighted by Crippen LogP contribution is 2.30. The van der Waals surface area contributed by atoms with Gasteiger partial charge in [-0.2, -0.15) is 0 Å². The SMILES string of the molecule is OC(CC(Nc1ccc(F)cc1)c1ccc(Cl)cc1)c1ccc(F)cc1. The first-order chi connectivity index (χ1) is 12.5. The molecule has 0 aliphatic carbocycles. The second-order valence-electron chi connectivity index (χ2n) is 6.06. The lowest BCUT2D eigenvalue weighted by Gasteiger charge is -2.23. The number of aliphatic hydroxyl groups is 1. The molecule has 0 saturated carbocycles. The van der Waals surface area contributed by atoms with Crippen molar-refractivity contribution in [2.24, 2.45) is 0 Å². The van der Waals surface area contributed by atoms with Crippen LogP contribution >= 0.6 is 11.6 Å². The molecule has 134 valence electrons. The molecule has 26 heavy (non-hydrogen) atoms. The molecular formula is C21H18ClF2NO. The summed E-state index contributed by atoms with van der Waals surface area (Å²) in [5, 5.41) is 14.5. The fourth-order valence-electron chi connectivity index (χ4n) is 2.77. The minimum atomic E-state index is -0.788. The number of anilines is 1. The van der Waals surface area contributed by atoms with Crippen molar-refractivity contribution >= 4 is 17.3 Å². The predicted molar refractivity (Wildman–Crippen MR) is 100 cm³/mol. The van der Waals surface area contributed by atoms with Crippen LogP contribution in [0.2, 0.25) is 5.02 Å². The summed E-state index contributed by atoms with van der Waals surface area (Å²) in [5.74, 6) is -0.662. The molecule has 0 aromatic heterocycles. The Morgan fingerprint density at radius 2 is 1.27 bits per heavy atom. The van der Waals surface area contributed by atoms with Crippen LogP contribution in [0.3, 0.4) is 0 Å². The van der Waals surface area contributed by atoms with E-state index in [-0.39, 0.29) is 17.7 Å². The van der Waals surface area contributed by atoms with E-state index < -0.39 is 6.10 Å². The quantitative estimate of drug-likeness (QED) is 0.564. The number of rotatable bonds is 6. The van der Waals surface area contributed by atoms with Crippen LogP contribution in [0.15, 0.2) is 72.8 Å². The first-order valence-electron chi connectivity index (χ1n) is 8.22. The lowest BCUT2D eigenvalue weighted by molar-refractivity contribution is 0.160. The maximum atomic E-state index is 13.1. The number of benzene rings is 3. The molecule has 2 nitrogen and oxygen atoms in total. The fraction of sp³-hybridized carbons (Fsp3) is 0.143. The van der Waals surface area contributed by atoms with E-state index in [1.165, 1.54) is 24.3 Å². The van der Waals surface area contributed by atoms with E-state index in [0.29, 0.717) is 17.0 Å². The summed E-state index contributed by atoms with van der Waals surface area (Å²) in [6.07, 6.45) is -0.436. The molecule has 5 heteroatoms. The third-order valence-electron chi connectivity index (χ3n) is 4.17. The average Bonchev–Trinajstić information content (AvgIpc) is 2.64. The van der Waals surface area contributed by atoms with Gasteiger partial charge in [0.15, 0.2) is 0 Å². The van der Waals surface area contributed by atoms with E-state index in [4.69, 9.17) is 11.6 Å². The predicted octanol–water partition coefficient (Wildman–Crippen LogP) is 5.90. The standard InChI is InChI=1S/C21H18ClF2NO/c22-16-5-1-14(2-6-16)20(25-19-11-9-18(24)10-12-19)13-21(26)15-3-7-17(23)8-4-15/h1-12,20-21,25-26H,13H2. The molecule has 2 N–H and O–H groups in total. The van der Waals surface area contributed by atoms with E-state index in [2.05, 4.69) is 5.32 Å². The molecular weight excluding hydrogens is 356 g/mol. The maximum absolute atomic E-state index is 13.1. The van der Waals surface area contributed by atoms with Crippen LogP contribution in [0.25, 0.3) is 0 Å². The zero-order valence-electron chi connectivity index (χ0n) is 13.9. The van der Waals surface area contributed by atoms with Gasteiger partial charge >= 0.3 is 0 Å². The average molecular weight is 374 g/mol. The van der Waals surface area contributed by atoms with E-state index in [1.54, 1.807) is 36.4 Å². The first kappa shape index (κ1) is 18.4. The van der Waals surface area contributed by atoms with Crippen LogP contribution in [0, 0.1) is 11.6 Å². The number of hydrogen-bond donors (Lipinski definition) is 2. The minimum Gasteiger partial charge on any atom is -0.388 e. The van der Waals surface area contributed by atoms with E-state index >= 15 is 0 Å². The van der Waals surface area contributed by atoms with Crippen molar-refractivity contribution in [2.45, 2.75) is 18.6 Å². The monoisotopic (exact) mass is 373 g/mol. The van der Waals surface area contributed by atoms with Gasteiger partial charge in [-0.15, -0.1) is 0 Å². The van der Waals surface area contributed by atoms with Gasteiger partial charge in [0.2, 0.25) is 0 Å². The van der Waals surface area contributed by atoms with Crippen molar-refractivity contribution in [3.8, 4) is 0 Å². The Bertz CT molecular complexity index is 835. The summed E-state index contributed by atoms with van der Waals surface area (Å²) < 4.78 is 26.2. The topological polar surface area (TPSA) is 32.3 Å². The van der Waals surface area contributed by atoms with Crippen LogP contribution in [0.4, 0.5) is 14.5 Å². The van der Waals surface area contributed by atoms with Gasteiger partial charge in [0, 0.05) is 17.1 Å². The van der Waals surface area contributed by atoms with Crippen LogP contribution < -0.4 is 5.32 Å². The summed E-state index contributed by atoms with van der Waals surface area (Å²) in [6, 6.07) is 18.9. The smallest absolute Gasteiger partial charge is 0.123 e. The third-order valence-corrected chi connectivity index (χ3v) is 4.42. The van der Waals surface area contributed by atoms with Crippen molar-refractivity contribution < 1.29 is 13.9 Å². The normalized spacial score (nSPS) is 13.2. The van der Waals surface area contributed by atoms with Crippen LogP contribution in [0.5, 0.6) is 0 Å². The molecule has 0 spiro atoms. The third kappa shape index (κ3) is 4.81. The zero-order chi connectivity index (χ0) is 18.5. The number of aliphatic hydroxyl groups excluding tert-OH is 1. The Labute approximate surface area is 156 Å². The summed E-state index contributed by atoms with van der Waals surface area (Å²) in [5.41, 5.74) is 2.30. The molecule has 0 heterocycles. The Balaban J connectivity index is 1.83. The van der Waals surface area contributed by atoms with E-state index in [9.17, 15) is 13.9 Å². The molecule has 0 amide bonds. The molecule has 0 bridgehead atoms.